The van der Waals surface area contributed by atoms with Gasteiger partial charge in [-0.25, -0.2) is 26.7 Å². The smallest absolute Gasteiger partial charge is 0.417 e. The van der Waals surface area contributed by atoms with Crippen molar-refractivity contribution >= 4 is 6.47 Å². The lowest BCUT2D eigenvalue weighted by Gasteiger charge is -2.06. The average Bonchev–Trinajstić information content (AvgIpc) is 2.24. The van der Waals surface area contributed by atoms with Crippen LogP contribution in [0.2, 0.25) is 0 Å². The van der Waals surface area contributed by atoms with Crippen LogP contribution in [0.1, 0.15) is 5.56 Å². The van der Waals surface area contributed by atoms with E-state index < -0.39 is 41.3 Å². The van der Waals surface area contributed by atoms with Crippen LogP contribution in [0.15, 0.2) is 0 Å². The van der Waals surface area contributed by atoms with Gasteiger partial charge in [0.15, 0.2) is 23.3 Å². The van der Waals surface area contributed by atoms with E-state index in [1.807, 2.05) is 0 Å². The third-order valence-corrected chi connectivity index (χ3v) is 1.58. The molecule has 0 aliphatic heterocycles. The lowest BCUT2D eigenvalue weighted by atomic mass is 10.2. The molecule has 0 aliphatic carbocycles. The zero-order valence-corrected chi connectivity index (χ0v) is 6.91. The van der Waals surface area contributed by atoms with Crippen LogP contribution in [0, 0.1) is 29.1 Å². The maximum Gasteiger partial charge on any atom is 0.417 e. The molecule has 0 N–H and O–H groups in total. The van der Waals surface area contributed by atoms with E-state index in [1.54, 1.807) is 0 Å². The van der Waals surface area contributed by atoms with Gasteiger partial charge >= 0.3 is 6.47 Å². The topological polar surface area (TPSA) is 26.3 Å². The summed E-state index contributed by atoms with van der Waals surface area (Å²) in [4.78, 5) is 9.58. The van der Waals surface area contributed by atoms with Crippen molar-refractivity contribution in [3.05, 3.63) is 34.6 Å². The Morgan fingerprint density at radius 1 is 0.867 bits per heavy atom. The molecule has 0 fully saturated rings. The van der Waals surface area contributed by atoms with Crippen molar-refractivity contribution in [3.63, 3.8) is 0 Å². The maximum atomic E-state index is 12.8. The molecule has 0 amide bonds. The SMILES string of the molecule is O=[C]OCc1c(F)c(F)c(F)c(F)c1F. The molecule has 81 valence electrons. The lowest BCUT2D eigenvalue weighted by molar-refractivity contribution is 0.249. The minimum atomic E-state index is -2.26. The Kier molecular flexibility index (Phi) is 3.23. The Morgan fingerprint density at radius 3 is 1.67 bits per heavy atom. The van der Waals surface area contributed by atoms with Crippen molar-refractivity contribution in [1.82, 2.24) is 0 Å². The zero-order chi connectivity index (χ0) is 11.6. The molecule has 1 aromatic carbocycles. The summed E-state index contributed by atoms with van der Waals surface area (Å²) in [5.74, 6) is -10.5. The minimum absolute atomic E-state index is 0.802. The summed E-state index contributed by atoms with van der Waals surface area (Å²) in [7, 11) is 0. The van der Waals surface area contributed by atoms with Gasteiger partial charge in [0.25, 0.3) is 0 Å². The molecule has 2 nitrogen and oxygen atoms in total. The van der Waals surface area contributed by atoms with Gasteiger partial charge in [-0.3, -0.25) is 0 Å². The molecule has 1 aromatic rings. The van der Waals surface area contributed by atoms with Crippen molar-refractivity contribution in [2.75, 3.05) is 0 Å². The standard InChI is InChI=1S/C8H2F5O2/c9-4-3(1-15-2-14)5(10)7(12)8(13)6(4)11/h1H2. The van der Waals surface area contributed by atoms with Crippen molar-refractivity contribution in [2.24, 2.45) is 0 Å². The van der Waals surface area contributed by atoms with E-state index in [9.17, 15) is 26.7 Å². The summed E-state index contributed by atoms with van der Waals surface area (Å²) in [6.07, 6.45) is 0. The van der Waals surface area contributed by atoms with Crippen molar-refractivity contribution in [2.45, 2.75) is 6.61 Å². The molecule has 1 radical (unpaired) electrons. The quantitative estimate of drug-likeness (QED) is 0.446. The molecule has 0 aliphatic rings. The molecule has 0 saturated carbocycles. The summed E-state index contributed by atoms with van der Waals surface area (Å²) in [5, 5.41) is 0. The molecular formula is C8H2F5O2. The zero-order valence-electron chi connectivity index (χ0n) is 6.91. The van der Waals surface area contributed by atoms with Gasteiger partial charge in [-0.1, -0.05) is 0 Å². The van der Waals surface area contributed by atoms with E-state index in [0.29, 0.717) is 0 Å². The summed E-state index contributed by atoms with van der Waals surface area (Å²) in [6.45, 7) is -0.272. The molecule has 0 atom stereocenters. The van der Waals surface area contributed by atoms with Crippen LogP contribution in [0.25, 0.3) is 0 Å². The Hall–Kier alpha value is -1.66. The molecule has 0 unspecified atom stereocenters. The Bertz CT molecular complexity index is 376. The number of rotatable bonds is 3. The Balaban J connectivity index is 3.31. The second-order valence-electron chi connectivity index (χ2n) is 2.42. The first-order valence-electron chi connectivity index (χ1n) is 3.50. The highest BCUT2D eigenvalue weighted by molar-refractivity contribution is 5.38. The van der Waals surface area contributed by atoms with Crippen LogP contribution >= 0.6 is 0 Å². The first kappa shape index (κ1) is 11.4. The van der Waals surface area contributed by atoms with Gasteiger partial charge < -0.3 is 4.74 Å². The molecule has 0 saturated heterocycles. The molecule has 7 heteroatoms. The second kappa shape index (κ2) is 4.24. The molecule has 15 heavy (non-hydrogen) atoms. The van der Waals surface area contributed by atoms with Gasteiger partial charge in [0, 0.05) is 0 Å². The normalized spacial score (nSPS) is 10.2. The number of ether oxygens (including phenoxy) is 1. The fourth-order valence-corrected chi connectivity index (χ4v) is 0.879. The highest BCUT2D eigenvalue weighted by Crippen LogP contribution is 2.23. The largest absolute Gasteiger partial charge is 0.452 e. The van der Waals surface area contributed by atoms with E-state index >= 15 is 0 Å². The molecule has 0 spiro atoms. The second-order valence-corrected chi connectivity index (χ2v) is 2.42. The predicted octanol–water partition coefficient (Wildman–Crippen LogP) is 1.97. The van der Waals surface area contributed by atoms with E-state index in [1.165, 1.54) is 0 Å². The van der Waals surface area contributed by atoms with Crippen molar-refractivity contribution in [3.8, 4) is 0 Å². The first-order valence-corrected chi connectivity index (χ1v) is 3.50. The number of hydrogen-bond acceptors (Lipinski definition) is 2. The van der Waals surface area contributed by atoms with Crippen LogP contribution in [0.4, 0.5) is 22.0 Å². The molecule has 1 rings (SSSR count). The van der Waals surface area contributed by atoms with Crippen LogP contribution in [0.5, 0.6) is 0 Å². The predicted molar refractivity (Wildman–Crippen MR) is 36.7 cm³/mol. The highest BCUT2D eigenvalue weighted by Gasteiger charge is 2.25. The van der Waals surface area contributed by atoms with Gasteiger partial charge in [-0.15, -0.1) is 0 Å². The van der Waals surface area contributed by atoms with Gasteiger partial charge in [0.05, 0.1) is 5.56 Å². The van der Waals surface area contributed by atoms with E-state index in [4.69, 9.17) is 0 Å². The van der Waals surface area contributed by atoms with Crippen molar-refractivity contribution < 1.29 is 31.5 Å². The molecule has 0 aromatic heterocycles. The third kappa shape index (κ3) is 1.90. The maximum absolute atomic E-state index is 12.8. The van der Waals surface area contributed by atoms with Crippen LogP contribution in [0.3, 0.4) is 0 Å². The summed E-state index contributed by atoms with van der Waals surface area (Å²) in [6, 6.07) is 0. The van der Waals surface area contributed by atoms with Gasteiger partial charge in [0.2, 0.25) is 5.82 Å². The molecule has 0 heterocycles. The van der Waals surface area contributed by atoms with Crippen LogP contribution in [-0.4, -0.2) is 6.47 Å². The fourth-order valence-electron chi connectivity index (χ4n) is 0.879. The Labute approximate surface area is 80.3 Å². The minimum Gasteiger partial charge on any atom is -0.452 e. The number of benzene rings is 1. The molecule has 0 bridgehead atoms. The number of carbonyl (C=O) groups excluding carboxylic acids is 1. The van der Waals surface area contributed by atoms with Crippen LogP contribution < -0.4 is 0 Å². The summed E-state index contributed by atoms with van der Waals surface area (Å²) >= 11 is 0. The average molecular weight is 225 g/mol. The highest BCUT2D eigenvalue weighted by atomic mass is 19.2. The van der Waals surface area contributed by atoms with Crippen LogP contribution in [-0.2, 0) is 16.1 Å². The van der Waals surface area contributed by atoms with Gasteiger partial charge in [0.1, 0.15) is 6.61 Å². The summed E-state index contributed by atoms with van der Waals surface area (Å²) < 4.78 is 66.9. The van der Waals surface area contributed by atoms with E-state index in [0.717, 1.165) is 6.47 Å². The van der Waals surface area contributed by atoms with Crippen molar-refractivity contribution in [1.29, 1.82) is 0 Å². The Morgan fingerprint density at radius 2 is 1.27 bits per heavy atom. The first-order chi connectivity index (χ1) is 7.00. The monoisotopic (exact) mass is 225 g/mol. The fraction of sp³-hybridized carbons (Fsp3) is 0.125. The van der Waals surface area contributed by atoms with E-state index in [2.05, 4.69) is 4.74 Å². The lowest BCUT2D eigenvalue weighted by Crippen LogP contribution is -2.08. The van der Waals surface area contributed by atoms with E-state index in [-0.39, 0.29) is 0 Å². The summed E-state index contributed by atoms with van der Waals surface area (Å²) in [5.41, 5.74) is -1.21. The van der Waals surface area contributed by atoms with Gasteiger partial charge in [-0.2, -0.15) is 0 Å². The molecular weight excluding hydrogens is 223 g/mol. The third-order valence-electron chi connectivity index (χ3n) is 1.58. The number of halogens is 5. The number of hydrogen-bond donors (Lipinski definition) is 0. The van der Waals surface area contributed by atoms with Gasteiger partial charge in [-0.05, 0) is 0 Å².